The number of carbonyl (C=O) groups excluding carboxylic acids is 1. The van der Waals surface area contributed by atoms with Crippen molar-refractivity contribution in [2.45, 2.75) is 32.9 Å². The Balaban J connectivity index is 1.82. The van der Waals surface area contributed by atoms with Crippen molar-refractivity contribution in [2.75, 3.05) is 6.61 Å². The van der Waals surface area contributed by atoms with Crippen LogP contribution in [0.4, 0.5) is 0 Å². The molecule has 0 heterocycles. The Labute approximate surface area is 108 Å². The molecule has 0 spiro atoms. The van der Waals surface area contributed by atoms with Crippen LogP contribution in [0.1, 0.15) is 25.8 Å². The van der Waals surface area contributed by atoms with Gasteiger partial charge >= 0.3 is 0 Å². The highest BCUT2D eigenvalue weighted by molar-refractivity contribution is 5.78. The van der Waals surface area contributed by atoms with Gasteiger partial charge in [-0.2, -0.15) is 0 Å². The molecule has 0 aliphatic heterocycles. The van der Waals surface area contributed by atoms with E-state index in [9.17, 15) is 4.79 Å². The summed E-state index contributed by atoms with van der Waals surface area (Å²) in [5.41, 5.74) is 6.76. The van der Waals surface area contributed by atoms with E-state index in [2.05, 4.69) is 19.2 Å². The first-order valence-electron chi connectivity index (χ1n) is 6.23. The molecule has 1 unspecified atom stereocenters. The van der Waals surface area contributed by atoms with Gasteiger partial charge in [0.1, 0.15) is 5.75 Å². The highest BCUT2D eigenvalue weighted by Gasteiger charge is 2.46. The molecule has 1 aliphatic rings. The van der Waals surface area contributed by atoms with E-state index in [1.165, 1.54) is 0 Å². The molecule has 18 heavy (non-hydrogen) atoms. The predicted octanol–water partition coefficient (Wildman–Crippen LogP) is 1.44. The molecule has 1 amide bonds. The Morgan fingerprint density at radius 1 is 1.50 bits per heavy atom. The first kappa shape index (κ1) is 12.9. The van der Waals surface area contributed by atoms with Crippen LogP contribution in [-0.4, -0.2) is 18.6 Å². The fraction of sp³-hybridized carbons (Fsp3) is 0.500. The maximum Gasteiger partial charge on any atom is 0.258 e. The highest BCUT2D eigenvalue weighted by Crippen LogP contribution is 2.44. The summed E-state index contributed by atoms with van der Waals surface area (Å²) in [7, 11) is 0. The van der Waals surface area contributed by atoms with Crippen molar-refractivity contribution in [3.8, 4) is 5.75 Å². The second-order valence-electron chi connectivity index (χ2n) is 5.41. The van der Waals surface area contributed by atoms with Gasteiger partial charge in [0.05, 0.1) is 0 Å². The molecule has 1 atom stereocenters. The van der Waals surface area contributed by atoms with Crippen LogP contribution in [0, 0.1) is 5.41 Å². The second-order valence-corrected chi connectivity index (χ2v) is 5.41. The minimum Gasteiger partial charge on any atom is -0.483 e. The molecular formula is C14H20N2O2. The molecule has 4 nitrogen and oxygen atoms in total. The highest BCUT2D eigenvalue weighted by atomic mass is 16.5. The molecular weight excluding hydrogens is 228 g/mol. The molecule has 0 bridgehead atoms. The molecule has 1 fully saturated rings. The fourth-order valence-corrected chi connectivity index (χ4v) is 1.91. The molecule has 1 aliphatic carbocycles. The lowest BCUT2D eigenvalue weighted by molar-refractivity contribution is -0.123. The predicted molar refractivity (Wildman–Crippen MR) is 70.2 cm³/mol. The molecule has 98 valence electrons. The molecule has 0 radical (unpaired) electrons. The Morgan fingerprint density at radius 2 is 2.17 bits per heavy atom. The van der Waals surface area contributed by atoms with E-state index in [1.807, 2.05) is 24.3 Å². The topological polar surface area (TPSA) is 64.3 Å². The SMILES string of the molecule is CC1(C)CC1NC(=O)COc1ccccc1CN. The normalized spacial score (nSPS) is 20.3. The zero-order chi connectivity index (χ0) is 13.2. The third kappa shape index (κ3) is 3.01. The van der Waals surface area contributed by atoms with Gasteiger partial charge in [-0.15, -0.1) is 0 Å². The largest absolute Gasteiger partial charge is 0.483 e. The summed E-state index contributed by atoms with van der Waals surface area (Å²) in [6.07, 6.45) is 1.04. The molecule has 3 N–H and O–H groups in total. The van der Waals surface area contributed by atoms with Crippen LogP contribution in [0.25, 0.3) is 0 Å². The van der Waals surface area contributed by atoms with Gasteiger partial charge in [-0.3, -0.25) is 4.79 Å². The number of rotatable bonds is 5. The van der Waals surface area contributed by atoms with Crippen LogP contribution < -0.4 is 15.8 Å². The quantitative estimate of drug-likeness (QED) is 0.828. The summed E-state index contributed by atoms with van der Waals surface area (Å²) in [5, 5.41) is 2.96. The summed E-state index contributed by atoms with van der Waals surface area (Å²) >= 11 is 0. The molecule has 1 saturated carbocycles. The molecule has 1 aromatic carbocycles. The first-order valence-corrected chi connectivity index (χ1v) is 6.23. The number of hydrogen-bond donors (Lipinski definition) is 2. The minimum atomic E-state index is -0.0719. The second kappa shape index (κ2) is 4.98. The third-order valence-corrected chi connectivity index (χ3v) is 3.40. The zero-order valence-electron chi connectivity index (χ0n) is 10.9. The van der Waals surface area contributed by atoms with Gasteiger partial charge in [-0.1, -0.05) is 32.0 Å². The van der Waals surface area contributed by atoms with Gasteiger partial charge in [0, 0.05) is 18.2 Å². The van der Waals surface area contributed by atoms with E-state index in [-0.39, 0.29) is 17.9 Å². The number of para-hydroxylation sites is 1. The zero-order valence-corrected chi connectivity index (χ0v) is 10.9. The van der Waals surface area contributed by atoms with Crippen molar-refractivity contribution < 1.29 is 9.53 Å². The average molecular weight is 248 g/mol. The van der Waals surface area contributed by atoms with Gasteiger partial charge in [0.2, 0.25) is 0 Å². The average Bonchev–Trinajstić information content (AvgIpc) is 2.94. The summed E-state index contributed by atoms with van der Waals surface area (Å²) in [6, 6.07) is 7.80. The van der Waals surface area contributed by atoms with E-state index >= 15 is 0 Å². The summed E-state index contributed by atoms with van der Waals surface area (Å²) in [4.78, 5) is 11.7. The lowest BCUT2D eigenvalue weighted by atomic mass is 10.2. The first-order chi connectivity index (χ1) is 8.53. The van der Waals surface area contributed by atoms with Crippen LogP contribution in [0.5, 0.6) is 5.75 Å². The van der Waals surface area contributed by atoms with Crippen molar-refractivity contribution >= 4 is 5.91 Å². The van der Waals surface area contributed by atoms with E-state index in [0.717, 1.165) is 12.0 Å². The number of benzene rings is 1. The number of nitrogens with two attached hydrogens (primary N) is 1. The molecule has 4 heteroatoms. The van der Waals surface area contributed by atoms with Crippen LogP contribution in [0.3, 0.4) is 0 Å². The maximum absolute atomic E-state index is 11.7. The maximum atomic E-state index is 11.7. The molecule has 2 rings (SSSR count). The summed E-state index contributed by atoms with van der Waals surface area (Å²) in [6.45, 7) is 4.74. The van der Waals surface area contributed by atoms with Crippen molar-refractivity contribution in [3.05, 3.63) is 29.8 Å². The van der Waals surface area contributed by atoms with Crippen LogP contribution in [0.15, 0.2) is 24.3 Å². The standard InChI is InChI=1S/C14H20N2O2/c1-14(2)7-12(14)16-13(17)9-18-11-6-4-3-5-10(11)8-15/h3-6,12H,7-9,15H2,1-2H3,(H,16,17). The summed E-state index contributed by atoms with van der Waals surface area (Å²) in [5.74, 6) is 0.614. The number of amides is 1. The van der Waals surface area contributed by atoms with Crippen LogP contribution in [0.2, 0.25) is 0 Å². The van der Waals surface area contributed by atoms with Crippen molar-refractivity contribution in [2.24, 2.45) is 11.1 Å². The molecule has 0 aromatic heterocycles. The van der Waals surface area contributed by atoms with Gasteiger partial charge in [-0.05, 0) is 17.9 Å². The van der Waals surface area contributed by atoms with Gasteiger partial charge in [0.25, 0.3) is 5.91 Å². The lowest BCUT2D eigenvalue weighted by Crippen LogP contribution is -2.32. The van der Waals surface area contributed by atoms with E-state index in [4.69, 9.17) is 10.5 Å². The van der Waals surface area contributed by atoms with E-state index in [0.29, 0.717) is 18.3 Å². The van der Waals surface area contributed by atoms with E-state index < -0.39 is 0 Å². The fourth-order valence-electron chi connectivity index (χ4n) is 1.91. The Bertz CT molecular complexity index is 443. The van der Waals surface area contributed by atoms with Gasteiger partial charge in [-0.25, -0.2) is 0 Å². The summed E-state index contributed by atoms with van der Waals surface area (Å²) < 4.78 is 5.49. The number of nitrogens with one attached hydrogen (secondary N) is 1. The number of ether oxygens (including phenoxy) is 1. The number of hydrogen-bond acceptors (Lipinski definition) is 3. The Morgan fingerprint density at radius 3 is 2.78 bits per heavy atom. The van der Waals surface area contributed by atoms with Crippen LogP contribution in [-0.2, 0) is 11.3 Å². The monoisotopic (exact) mass is 248 g/mol. The van der Waals surface area contributed by atoms with Gasteiger partial charge in [0.15, 0.2) is 6.61 Å². The lowest BCUT2D eigenvalue weighted by Gasteiger charge is -2.11. The van der Waals surface area contributed by atoms with Gasteiger partial charge < -0.3 is 15.8 Å². The Hall–Kier alpha value is -1.55. The van der Waals surface area contributed by atoms with Crippen LogP contribution >= 0.6 is 0 Å². The Kier molecular flexibility index (Phi) is 3.57. The third-order valence-electron chi connectivity index (χ3n) is 3.40. The minimum absolute atomic E-state index is 0.0452. The smallest absolute Gasteiger partial charge is 0.258 e. The molecule has 0 saturated heterocycles. The van der Waals surface area contributed by atoms with Crippen molar-refractivity contribution in [1.29, 1.82) is 0 Å². The van der Waals surface area contributed by atoms with Crippen molar-refractivity contribution in [1.82, 2.24) is 5.32 Å². The van der Waals surface area contributed by atoms with Crippen molar-refractivity contribution in [3.63, 3.8) is 0 Å². The molecule has 1 aromatic rings. The van der Waals surface area contributed by atoms with E-state index in [1.54, 1.807) is 0 Å². The number of carbonyl (C=O) groups is 1.